The average Bonchev–Trinajstić information content (AvgIpc) is 2.38. The lowest BCUT2D eigenvalue weighted by Crippen LogP contribution is -2.30. The van der Waals surface area contributed by atoms with Gasteiger partial charge in [-0.15, -0.1) is 0 Å². The molecule has 0 aromatic carbocycles. The van der Waals surface area contributed by atoms with Crippen LogP contribution in [0.3, 0.4) is 0 Å². The number of rotatable bonds is 4. The fourth-order valence-electron chi connectivity index (χ4n) is 1.48. The van der Waals surface area contributed by atoms with E-state index in [1.54, 1.807) is 12.4 Å². The van der Waals surface area contributed by atoms with Crippen molar-refractivity contribution >= 4 is 17.4 Å². The lowest BCUT2D eigenvalue weighted by Gasteiger charge is -2.06. The lowest BCUT2D eigenvalue weighted by atomic mass is 10.4. The van der Waals surface area contributed by atoms with Crippen LogP contribution in [0.1, 0.15) is 12.6 Å². The van der Waals surface area contributed by atoms with Crippen molar-refractivity contribution in [3.8, 4) is 0 Å². The van der Waals surface area contributed by atoms with Gasteiger partial charge in [0.1, 0.15) is 10.8 Å². The number of nitrogens with one attached hydrogen (secondary N) is 2. The topological polar surface area (TPSA) is 92.7 Å². The van der Waals surface area contributed by atoms with Crippen molar-refractivity contribution in [2.45, 2.75) is 13.5 Å². The van der Waals surface area contributed by atoms with Crippen LogP contribution in [0.25, 0.3) is 0 Å². The van der Waals surface area contributed by atoms with E-state index < -0.39 is 11.2 Å². The van der Waals surface area contributed by atoms with E-state index in [4.69, 9.17) is 11.6 Å². The van der Waals surface area contributed by atoms with E-state index in [0.717, 1.165) is 6.54 Å². The molecule has 0 radical (unpaired) electrons. The van der Waals surface area contributed by atoms with Gasteiger partial charge in [-0.25, -0.2) is 9.78 Å². The Bertz CT molecular complexity index is 677. The molecule has 0 aliphatic rings. The number of aromatic amines is 1. The summed E-state index contributed by atoms with van der Waals surface area (Å²) in [5, 5.41) is 2.97. The summed E-state index contributed by atoms with van der Waals surface area (Å²) in [6.07, 6.45) is 4.42. The highest BCUT2D eigenvalue weighted by molar-refractivity contribution is 6.30. The zero-order valence-corrected chi connectivity index (χ0v) is 10.9. The van der Waals surface area contributed by atoms with Crippen LogP contribution in [0.5, 0.6) is 0 Å². The van der Waals surface area contributed by atoms with Crippen LogP contribution in [-0.4, -0.2) is 26.1 Å². The third-order valence-electron chi connectivity index (χ3n) is 2.36. The van der Waals surface area contributed by atoms with Crippen LogP contribution in [0, 0.1) is 0 Å². The Kier molecular flexibility index (Phi) is 3.96. The van der Waals surface area contributed by atoms with Crippen molar-refractivity contribution in [1.29, 1.82) is 0 Å². The monoisotopic (exact) mass is 281 g/mol. The van der Waals surface area contributed by atoms with Gasteiger partial charge in [-0.1, -0.05) is 11.6 Å². The van der Waals surface area contributed by atoms with Crippen LogP contribution >= 0.6 is 11.6 Å². The third-order valence-corrected chi connectivity index (χ3v) is 2.63. The number of H-pyrrole nitrogens is 1. The molecule has 2 heterocycles. The van der Waals surface area contributed by atoms with Gasteiger partial charge in [-0.05, 0) is 6.92 Å². The van der Waals surface area contributed by atoms with Crippen LogP contribution < -0.4 is 16.6 Å². The maximum Gasteiger partial charge on any atom is 0.328 e. The maximum absolute atomic E-state index is 11.6. The third kappa shape index (κ3) is 3.19. The molecule has 0 fully saturated rings. The van der Waals surface area contributed by atoms with Gasteiger partial charge in [-0.3, -0.25) is 19.3 Å². The second-order valence-corrected chi connectivity index (χ2v) is 4.19. The Balaban J connectivity index is 2.24. The number of halogens is 1. The van der Waals surface area contributed by atoms with Crippen LogP contribution in [0.15, 0.2) is 28.2 Å². The number of aromatic nitrogens is 4. The summed E-state index contributed by atoms with van der Waals surface area (Å²) in [6.45, 7) is 2.90. The molecule has 0 aliphatic carbocycles. The normalized spacial score (nSPS) is 10.4. The molecule has 0 saturated carbocycles. The van der Waals surface area contributed by atoms with Gasteiger partial charge in [0, 0.05) is 12.7 Å². The van der Waals surface area contributed by atoms with Crippen molar-refractivity contribution in [3.05, 3.63) is 50.1 Å². The minimum atomic E-state index is -0.600. The predicted molar refractivity (Wildman–Crippen MR) is 71.6 cm³/mol. The van der Waals surface area contributed by atoms with E-state index in [9.17, 15) is 9.59 Å². The van der Waals surface area contributed by atoms with Gasteiger partial charge in [0.05, 0.1) is 24.6 Å². The number of anilines is 1. The zero-order valence-electron chi connectivity index (χ0n) is 10.2. The first-order valence-corrected chi connectivity index (χ1v) is 6.02. The number of nitrogens with zero attached hydrogens (tertiary/aromatic N) is 3. The SMILES string of the molecule is CCNc1cnc(Cn2cc(Cl)c(=O)[nH]c2=O)cn1. The zero-order chi connectivity index (χ0) is 13.8. The molecule has 0 bridgehead atoms. The van der Waals surface area contributed by atoms with Crippen molar-refractivity contribution in [3.63, 3.8) is 0 Å². The molecule has 100 valence electrons. The van der Waals surface area contributed by atoms with Crippen molar-refractivity contribution in [1.82, 2.24) is 19.5 Å². The molecular weight excluding hydrogens is 270 g/mol. The van der Waals surface area contributed by atoms with Crippen molar-refractivity contribution in [2.75, 3.05) is 11.9 Å². The maximum atomic E-state index is 11.6. The van der Waals surface area contributed by atoms with Gasteiger partial charge >= 0.3 is 5.69 Å². The van der Waals surface area contributed by atoms with Crippen LogP contribution in [-0.2, 0) is 6.54 Å². The Morgan fingerprint density at radius 1 is 1.37 bits per heavy atom. The van der Waals surface area contributed by atoms with Crippen LogP contribution in [0.2, 0.25) is 5.02 Å². The summed E-state index contributed by atoms with van der Waals surface area (Å²) in [5.74, 6) is 0.665. The first-order chi connectivity index (χ1) is 9.10. The molecular formula is C11H12ClN5O2. The molecule has 0 amide bonds. The van der Waals surface area contributed by atoms with Crippen LogP contribution in [0.4, 0.5) is 5.82 Å². The van der Waals surface area contributed by atoms with Gasteiger partial charge in [-0.2, -0.15) is 0 Å². The second-order valence-electron chi connectivity index (χ2n) is 3.79. The van der Waals surface area contributed by atoms with E-state index in [0.29, 0.717) is 11.5 Å². The predicted octanol–water partition coefficient (Wildman–Crippen LogP) is 0.460. The Labute approximate surface area is 113 Å². The molecule has 0 aliphatic heterocycles. The molecule has 7 nitrogen and oxygen atoms in total. The van der Waals surface area contributed by atoms with Crippen molar-refractivity contribution < 1.29 is 0 Å². The van der Waals surface area contributed by atoms with E-state index in [1.165, 1.54) is 10.8 Å². The minimum Gasteiger partial charge on any atom is -0.369 e. The van der Waals surface area contributed by atoms with Gasteiger partial charge in [0.2, 0.25) is 0 Å². The Morgan fingerprint density at radius 2 is 2.16 bits per heavy atom. The molecule has 0 saturated heterocycles. The van der Waals surface area contributed by atoms with E-state index in [1.807, 2.05) is 6.92 Å². The highest BCUT2D eigenvalue weighted by Gasteiger charge is 2.04. The summed E-state index contributed by atoms with van der Waals surface area (Å²) < 4.78 is 1.26. The van der Waals surface area contributed by atoms with E-state index in [2.05, 4.69) is 20.3 Å². The molecule has 8 heteroatoms. The smallest absolute Gasteiger partial charge is 0.328 e. The fraction of sp³-hybridized carbons (Fsp3) is 0.273. The lowest BCUT2D eigenvalue weighted by molar-refractivity contribution is 0.702. The summed E-state index contributed by atoms with van der Waals surface area (Å²) in [6, 6.07) is 0. The molecule has 2 aromatic heterocycles. The standard InChI is InChI=1S/C11H12ClN5O2/c1-2-13-9-4-14-7(3-15-9)5-17-6-8(12)10(18)16-11(17)19/h3-4,6H,2,5H2,1H3,(H,13,15)(H,16,18,19). The summed E-state index contributed by atoms with van der Waals surface area (Å²) in [7, 11) is 0. The number of hydrogen-bond acceptors (Lipinski definition) is 5. The largest absolute Gasteiger partial charge is 0.369 e. The van der Waals surface area contributed by atoms with E-state index in [-0.39, 0.29) is 11.6 Å². The molecule has 0 spiro atoms. The minimum absolute atomic E-state index is 0.0446. The molecule has 0 atom stereocenters. The van der Waals surface area contributed by atoms with Crippen molar-refractivity contribution in [2.24, 2.45) is 0 Å². The van der Waals surface area contributed by atoms with Gasteiger partial charge in [0.15, 0.2) is 0 Å². The number of hydrogen-bond donors (Lipinski definition) is 2. The molecule has 19 heavy (non-hydrogen) atoms. The average molecular weight is 282 g/mol. The quantitative estimate of drug-likeness (QED) is 0.849. The molecule has 0 unspecified atom stereocenters. The second kappa shape index (κ2) is 5.66. The highest BCUT2D eigenvalue weighted by atomic mass is 35.5. The molecule has 2 aromatic rings. The summed E-state index contributed by atoms with van der Waals surface area (Å²) in [5.41, 5.74) is -0.546. The highest BCUT2D eigenvalue weighted by Crippen LogP contribution is 2.03. The van der Waals surface area contributed by atoms with Gasteiger partial charge < -0.3 is 5.32 Å². The first kappa shape index (κ1) is 13.3. The summed E-state index contributed by atoms with van der Waals surface area (Å²) in [4.78, 5) is 33.1. The summed E-state index contributed by atoms with van der Waals surface area (Å²) >= 11 is 5.67. The molecule has 2 N–H and O–H groups in total. The van der Waals surface area contributed by atoms with E-state index >= 15 is 0 Å². The Morgan fingerprint density at radius 3 is 2.79 bits per heavy atom. The van der Waals surface area contributed by atoms with Gasteiger partial charge in [0.25, 0.3) is 5.56 Å². The fourth-order valence-corrected chi connectivity index (χ4v) is 1.65. The first-order valence-electron chi connectivity index (χ1n) is 5.64. The Hall–Kier alpha value is -2.15. The molecule has 2 rings (SSSR count).